The summed E-state index contributed by atoms with van der Waals surface area (Å²) >= 11 is 1.62. The van der Waals surface area contributed by atoms with Crippen molar-refractivity contribution < 1.29 is 9.53 Å². The van der Waals surface area contributed by atoms with Gasteiger partial charge in [0.1, 0.15) is 6.04 Å². The number of aryl methyl sites for hydroxylation is 1. The summed E-state index contributed by atoms with van der Waals surface area (Å²) in [6.07, 6.45) is 0. The Morgan fingerprint density at radius 3 is 2.53 bits per heavy atom. The van der Waals surface area contributed by atoms with E-state index in [2.05, 4.69) is 5.32 Å². The van der Waals surface area contributed by atoms with Crippen LogP contribution in [0.15, 0.2) is 12.1 Å². The number of esters is 1. The van der Waals surface area contributed by atoms with Gasteiger partial charge < -0.3 is 4.74 Å². The van der Waals surface area contributed by atoms with Gasteiger partial charge in [-0.25, -0.2) is 4.79 Å². The van der Waals surface area contributed by atoms with Crippen molar-refractivity contribution in [3.05, 3.63) is 21.9 Å². The lowest BCUT2D eigenvalue weighted by molar-refractivity contribution is -0.143. The van der Waals surface area contributed by atoms with Crippen LogP contribution in [0, 0.1) is 6.92 Å². The van der Waals surface area contributed by atoms with E-state index in [0.717, 1.165) is 4.88 Å². The normalized spacial score (nSPS) is 12.9. The highest BCUT2D eigenvalue weighted by Gasteiger charge is 2.23. The van der Waals surface area contributed by atoms with Gasteiger partial charge in [-0.1, -0.05) is 0 Å². The van der Waals surface area contributed by atoms with Crippen LogP contribution in [0.2, 0.25) is 0 Å². The molecule has 84 valence electrons. The Balaban J connectivity index is 2.85. The minimum atomic E-state index is -0.339. The zero-order valence-electron chi connectivity index (χ0n) is 9.53. The average Bonchev–Trinajstić information content (AvgIpc) is 2.59. The lowest BCUT2D eigenvalue weighted by Gasteiger charge is -2.17. The Morgan fingerprint density at radius 1 is 1.47 bits per heavy atom. The van der Waals surface area contributed by atoms with Crippen molar-refractivity contribution in [1.29, 1.82) is 0 Å². The molecule has 1 rings (SSSR count). The fraction of sp³-hybridized carbons (Fsp3) is 0.545. The fourth-order valence-corrected chi connectivity index (χ4v) is 2.25. The van der Waals surface area contributed by atoms with E-state index in [1.54, 1.807) is 11.3 Å². The zero-order chi connectivity index (χ0) is 11.4. The number of ether oxygens (including phenoxy) is 1. The van der Waals surface area contributed by atoms with E-state index in [9.17, 15) is 4.79 Å². The number of carbonyl (C=O) groups excluding carboxylic acids is 1. The second-order valence-electron chi connectivity index (χ2n) is 3.73. The molecule has 0 aliphatic rings. The van der Waals surface area contributed by atoms with Crippen LogP contribution in [-0.2, 0) is 9.53 Å². The molecule has 0 radical (unpaired) electrons. The molecule has 0 amide bonds. The molecule has 0 saturated carbocycles. The van der Waals surface area contributed by atoms with Crippen LogP contribution in [0.3, 0.4) is 0 Å². The highest BCUT2D eigenvalue weighted by atomic mass is 32.1. The average molecular weight is 227 g/mol. The molecule has 0 aromatic carbocycles. The lowest BCUT2D eigenvalue weighted by Crippen LogP contribution is -2.33. The van der Waals surface area contributed by atoms with Gasteiger partial charge in [-0.3, -0.25) is 5.32 Å². The zero-order valence-corrected chi connectivity index (χ0v) is 10.4. The number of methoxy groups -OCH3 is 1. The maximum absolute atomic E-state index is 11.6. The van der Waals surface area contributed by atoms with E-state index in [1.807, 2.05) is 32.9 Å². The molecule has 1 heterocycles. The van der Waals surface area contributed by atoms with Crippen LogP contribution >= 0.6 is 11.3 Å². The highest BCUT2D eigenvalue weighted by Crippen LogP contribution is 2.24. The minimum absolute atomic E-state index is 0.231. The summed E-state index contributed by atoms with van der Waals surface area (Å²) < 4.78 is 4.78. The van der Waals surface area contributed by atoms with Gasteiger partial charge in [-0.15, -0.1) is 11.3 Å². The Morgan fingerprint density at radius 2 is 2.13 bits per heavy atom. The molecule has 0 fully saturated rings. The first kappa shape index (κ1) is 12.2. The monoisotopic (exact) mass is 227 g/mol. The molecule has 4 heteroatoms. The molecule has 1 aromatic rings. The third-order valence-electron chi connectivity index (χ3n) is 1.98. The summed E-state index contributed by atoms with van der Waals surface area (Å²) in [6.45, 7) is 6.05. The number of thiophene rings is 1. The quantitative estimate of drug-likeness (QED) is 0.802. The molecule has 0 aliphatic heterocycles. The first-order valence-corrected chi connectivity index (χ1v) is 5.76. The fourth-order valence-electron chi connectivity index (χ4n) is 1.33. The Hall–Kier alpha value is -0.870. The summed E-state index contributed by atoms with van der Waals surface area (Å²) in [6, 6.07) is 3.89. The van der Waals surface area contributed by atoms with Gasteiger partial charge in [0, 0.05) is 15.8 Å². The standard InChI is InChI=1S/C11H17NO2S/c1-7(2)12-10(11(13)14-4)9-6-5-8(3)15-9/h5-7,10,12H,1-4H3. The van der Waals surface area contributed by atoms with Crippen molar-refractivity contribution in [2.45, 2.75) is 32.9 Å². The van der Waals surface area contributed by atoms with Gasteiger partial charge in [-0.05, 0) is 32.9 Å². The number of rotatable bonds is 4. The smallest absolute Gasteiger partial charge is 0.328 e. The van der Waals surface area contributed by atoms with Crippen LogP contribution < -0.4 is 5.32 Å². The van der Waals surface area contributed by atoms with E-state index in [-0.39, 0.29) is 18.1 Å². The van der Waals surface area contributed by atoms with E-state index >= 15 is 0 Å². The largest absolute Gasteiger partial charge is 0.468 e. The molecule has 15 heavy (non-hydrogen) atoms. The van der Waals surface area contributed by atoms with Gasteiger partial charge in [0.05, 0.1) is 7.11 Å². The number of nitrogens with one attached hydrogen (secondary N) is 1. The Labute approximate surface area is 94.5 Å². The van der Waals surface area contributed by atoms with Crippen LogP contribution in [0.1, 0.15) is 29.6 Å². The van der Waals surface area contributed by atoms with E-state index in [0.29, 0.717) is 0 Å². The molecule has 3 nitrogen and oxygen atoms in total. The molecule has 1 aromatic heterocycles. The summed E-state index contributed by atoms with van der Waals surface area (Å²) in [5, 5.41) is 3.20. The van der Waals surface area contributed by atoms with Gasteiger partial charge in [0.25, 0.3) is 0 Å². The van der Waals surface area contributed by atoms with Gasteiger partial charge in [-0.2, -0.15) is 0 Å². The second kappa shape index (κ2) is 5.28. The maximum Gasteiger partial charge on any atom is 0.328 e. The van der Waals surface area contributed by atoms with Crippen molar-refractivity contribution in [2.24, 2.45) is 0 Å². The molecular weight excluding hydrogens is 210 g/mol. The van der Waals surface area contributed by atoms with Gasteiger partial charge in [0.15, 0.2) is 0 Å². The topological polar surface area (TPSA) is 38.3 Å². The summed E-state index contributed by atoms with van der Waals surface area (Å²) in [7, 11) is 1.41. The predicted molar refractivity (Wildman–Crippen MR) is 62.1 cm³/mol. The Bertz CT molecular complexity index is 333. The summed E-state index contributed by atoms with van der Waals surface area (Å²) in [5.74, 6) is -0.231. The van der Waals surface area contributed by atoms with Crippen LogP contribution in [0.5, 0.6) is 0 Å². The third-order valence-corrected chi connectivity index (χ3v) is 3.05. The molecular formula is C11H17NO2S. The van der Waals surface area contributed by atoms with E-state index in [4.69, 9.17) is 4.74 Å². The van der Waals surface area contributed by atoms with Crippen LogP contribution in [0.4, 0.5) is 0 Å². The molecule has 0 spiro atoms. The summed E-state index contributed by atoms with van der Waals surface area (Å²) in [4.78, 5) is 13.8. The van der Waals surface area contributed by atoms with Crippen LogP contribution in [-0.4, -0.2) is 19.1 Å². The van der Waals surface area contributed by atoms with Crippen molar-refractivity contribution >= 4 is 17.3 Å². The van der Waals surface area contributed by atoms with Crippen molar-refractivity contribution in [3.63, 3.8) is 0 Å². The molecule has 1 unspecified atom stereocenters. The summed E-state index contributed by atoms with van der Waals surface area (Å²) in [5.41, 5.74) is 0. The molecule has 0 aliphatic carbocycles. The Kier molecular flexibility index (Phi) is 4.29. The minimum Gasteiger partial charge on any atom is -0.468 e. The van der Waals surface area contributed by atoms with Crippen molar-refractivity contribution in [1.82, 2.24) is 5.32 Å². The first-order valence-electron chi connectivity index (χ1n) is 4.94. The number of hydrogen-bond acceptors (Lipinski definition) is 4. The molecule has 1 atom stereocenters. The molecule has 0 saturated heterocycles. The van der Waals surface area contributed by atoms with Crippen LogP contribution in [0.25, 0.3) is 0 Å². The SMILES string of the molecule is COC(=O)C(NC(C)C)c1ccc(C)s1. The predicted octanol–water partition coefficient (Wildman–Crippen LogP) is 2.27. The third kappa shape index (κ3) is 3.32. The number of carbonyl (C=O) groups is 1. The molecule has 1 N–H and O–H groups in total. The molecule has 0 bridgehead atoms. The van der Waals surface area contributed by atoms with Crippen molar-refractivity contribution in [2.75, 3.05) is 7.11 Å². The lowest BCUT2D eigenvalue weighted by atomic mass is 10.2. The van der Waals surface area contributed by atoms with E-state index in [1.165, 1.54) is 12.0 Å². The maximum atomic E-state index is 11.6. The first-order chi connectivity index (χ1) is 7.04. The van der Waals surface area contributed by atoms with Gasteiger partial charge >= 0.3 is 5.97 Å². The van der Waals surface area contributed by atoms with E-state index < -0.39 is 0 Å². The highest BCUT2D eigenvalue weighted by molar-refractivity contribution is 7.12. The van der Waals surface area contributed by atoms with Crippen molar-refractivity contribution in [3.8, 4) is 0 Å². The van der Waals surface area contributed by atoms with Gasteiger partial charge in [0.2, 0.25) is 0 Å². The number of hydrogen-bond donors (Lipinski definition) is 1. The second-order valence-corrected chi connectivity index (χ2v) is 5.05.